The summed E-state index contributed by atoms with van der Waals surface area (Å²) in [5, 5.41) is 0. The Balaban J connectivity index is 1.80. The Bertz CT molecular complexity index is 822. The molecule has 0 unspecified atom stereocenters. The second-order valence-electron chi connectivity index (χ2n) is 6.77. The van der Waals surface area contributed by atoms with E-state index in [2.05, 4.69) is 0 Å². The maximum absolute atomic E-state index is 13.3. The first-order valence-corrected chi connectivity index (χ1v) is 10.4. The highest BCUT2D eigenvalue weighted by molar-refractivity contribution is 7.86. The molecule has 0 bridgehead atoms. The second kappa shape index (κ2) is 8.21. The number of carbonyl (C=O) groups is 1. The molecule has 0 radical (unpaired) electrons. The van der Waals surface area contributed by atoms with Crippen molar-refractivity contribution in [2.75, 3.05) is 40.3 Å². The lowest BCUT2D eigenvalue weighted by Crippen LogP contribution is -2.53. The van der Waals surface area contributed by atoms with Gasteiger partial charge in [-0.25, -0.2) is 0 Å². The summed E-state index contributed by atoms with van der Waals surface area (Å²) >= 11 is 0. The normalized spacial score (nSPS) is 16.1. The van der Waals surface area contributed by atoms with Gasteiger partial charge in [0.15, 0.2) is 0 Å². The lowest BCUT2D eigenvalue weighted by atomic mass is 9.90. The van der Waals surface area contributed by atoms with E-state index in [1.54, 1.807) is 4.90 Å². The summed E-state index contributed by atoms with van der Waals surface area (Å²) in [6.45, 7) is 1.40. The Morgan fingerprint density at radius 1 is 0.852 bits per heavy atom. The molecule has 1 aliphatic heterocycles. The van der Waals surface area contributed by atoms with Crippen molar-refractivity contribution >= 4 is 16.1 Å². The van der Waals surface area contributed by atoms with E-state index in [9.17, 15) is 13.2 Å². The van der Waals surface area contributed by atoms with Crippen molar-refractivity contribution in [2.45, 2.75) is 5.92 Å². The van der Waals surface area contributed by atoms with Crippen LogP contribution in [-0.4, -0.2) is 68.1 Å². The van der Waals surface area contributed by atoms with Crippen molar-refractivity contribution in [3.8, 4) is 0 Å². The van der Waals surface area contributed by atoms with Crippen molar-refractivity contribution in [1.29, 1.82) is 0 Å². The highest BCUT2D eigenvalue weighted by Gasteiger charge is 2.33. The first-order valence-electron chi connectivity index (χ1n) is 8.97. The second-order valence-corrected chi connectivity index (χ2v) is 8.91. The average Bonchev–Trinajstić information content (AvgIpc) is 2.70. The first-order chi connectivity index (χ1) is 12.9. The van der Waals surface area contributed by atoms with Gasteiger partial charge in [0.25, 0.3) is 10.2 Å². The van der Waals surface area contributed by atoms with Gasteiger partial charge in [0, 0.05) is 40.3 Å². The van der Waals surface area contributed by atoms with Gasteiger partial charge in [-0.15, -0.1) is 0 Å². The van der Waals surface area contributed by atoms with Crippen molar-refractivity contribution in [3.63, 3.8) is 0 Å². The molecule has 1 aliphatic rings. The lowest BCUT2D eigenvalue weighted by molar-refractivity contribution is -0.133. The fraction of sp³-hybridized carbons (Fsp3) is 0.350. The minimum atomic E-state index is -3.44. The number of piperazine rings is 1. The Morgan fingerprint density at radius 3 is 1.70 bits per heavy atom. The number of hydrogen-bond acceptors (Lipinski definition) is 3. The van der Waals surface area contributed by atoms with E-state index >= 15 is 0 Å². The quantitative estimate of drug-likeness (QED) is 0.786. The number of carbonyl (C=O) groups excluding carboxylic acids is 1. The number of benzene rings is 2. The van der Waals surface area contributed by atoms with Gasteiger partial charge in [0.1, 0.15) is 0 Å². The molecule has 2 aromatic rings. The predicted octanol–water partition coefficient (Wildman–Crippen LogP) is 1.77. The van der Waals surface area contributed by atoms with Crippen LogP contribution in [-0.2, 0) is 15.0 Å². The Morgan fingerprint density at radius 2 is 1.30 bits per heavy atom. The lowest BCUT2D eigenvalue weighted by Gasteiger charge is -2.36. The largest absolute Gasteiger partial charge is 0.339 e. The van der Waals surface area contributed by atoms with E-state index in [-0.39, 0.29) is 11.8 Å². The fourth-order valence-corrected chi connectivity index (χ4v) is 4.41. The molecular weight excluding hydrogens is 362 g/mol. The molecule has 1 amide bonds. The molecule has 0 aromatic heterocycles. The van der Waals surface area contributed by atoms with E-state index in [4.69, 9.17) is 0 Å². The molecule has 3 rings (SSSR count). The van der Waals surface area contributed by atoms with E-state index in [0.29, 0.717) is 26.2 Å². The van der Waals surface area contributed by atoms with Gasteiger partial charge in [-0.2, -0.15) is 17.0 Å². The van der Waals surface area contributed by atoms with Crippen LogP contribution in [0.15, 0.2) is 60.7 Å². The van der Waals surface area contributed by atoms with Gasteiger partial charge in [0.05, 0.1) is 5.92 Å². The number of hydrogen-bond donors (Lipinski definition) is 0. The van der Waals surface area contributed by atoms with Gasteiger partial charge >= 0.3 is 0 Å². The maximum atomic E-state index is 13.3. The molecule has 1 saturated heterocycles. The van der Waals surface area contributed by atoms with Crippen LogP contribution < -0.4 is 0 Å². The highest BCUT2D eigenvalue weighted by atomic mass is 32.2. The first kappa shape index (κ1) is 19.5. The zero-order chi connectivity index (χ0) is 19.4. The van der Waals surface area contributed by atoms with Crippen LogP contribution >= 0.6 is 0 Å². The van der Waals surface area contributed by atoms with Gasteiger partial charge in [0.2, 0.25) is 5.91 Å². The summed E-state index contributed by atoms with van der Waals surface area (Å²) in [5.41, 5.74) is 1.88. The standard InChI is InChI=1S/C20H25N3O3S/c1-21(2)27(25,26)23-15-13-22(14-16-23)20(24)19(17-9-5-3-6-10-17)18-11-7-4-8-12-18/h3-12,19H,13-16H2,1-2H3. The smallest absolute Gasteiger partial charge is 0.281 e. The van der Waals surface area contributed by atoms with Gasteiger partial charge in [-0.3, -0.25) is 4.79 Å². The summed E-state index contributed by atoms with van der Waals surface area (Å²) in [5.74, 6) is -0.376. The van der Waals surface area contributed by atoms with Crippen molar-refractivity contribution < 1.29 is 13.2 Å². The molecule has 1 heterocycles. The van der Waals surface area contributed by atoms with Gasteiger partial charge in [-0.1, -0.05) is 60.7 Å². The zero-order valence-electron chi connectivity index (χ0n) is 15.7. The van der Waals surface area contributed by atoms with Crippen LogP contribution in [0.2, 0.25) is 0 Å². The van der Waals surface area contributed by atoms with Crippen LogP contribution in [0.1, 0.15) is 17.0 Å². The molecule has 2 aromatic carbocycles. The van der Waals surface area contributed by atoms with Crippen LogP contribution in [0.25, 0.3) is 0 Å². The maximum Gasteiger partial charge on any atom is 0.281 e. The van der Waals surface area contributed by atoms with E-state index < -0.39 is 10.2 Å². The van der Waals surface area contributed by atoms with Gasteiger partial charge in [-0.05, 0) is 11.1 Å². The Hall–Kier alpha value is -2.22. The monoisotopic (exact) mass is 387 g/mol. The third-order valence-electron chi connectivity index (χ3n) is 4.85. The summed E-state index contributed by atoms with van der Waals surface area (Å²) in [6, 6.07) is 19.4. The van der Waals surface area contributed by atoms with Gasteiger partial charge < -0.3 is 4.90 Å². The van der Waals surface area contributed by atoms with Crippen LogP contribution in [0.4, 0.5) is 0 Å². The van der Waals surface area contributed by atoms with E-state index in [0.717, 1.165) is 11.1 Å². The summed E-state index contributed by atoms with van der Waals surface area (Å²) in [7, 11) is -0.402. The molecule has 6 nitrogen and oxygen atoms in total. The highest BCUT2D eigenvalue weighted by Crippen LogP contribution is 2.27. The van der Waals surface area contributed by atoms with Crippen LogP contribution in [0, 0.1) is 0 Å². The van der Waals surface area contributed by atoms with E-state index in [1.165, 1.54) is 22.7 Å². The fourth-order valence-electron chi connectivity index (χ4n) is 3.32. The summed E-state index contributed by atoms with van der Waals surface area (Å²) in [6.07, 6.45) is 0. The topological polar surface area (TPSA) is 60.9 Å². The number of rotatable bonds is 5. The molecule has 7 heteroatoms. The van der Waals surface area contributed by atoms with E-state index in [1.807, 2.05) is 60.7 Å². The molecule has 0 spiro atoms. The zero-order valence-corrected chi connectivity index (χ0v) is 16.5. The molecule has 0 aliphatic carbocycles. The molecule has 0 N–H and O–H groups in total. The van der Waals surface area contributed by atoms with Crippen molar-refractivity contribution in [2.24, 2.45) is 0 Å². The molecule has 27 heavy (non-hydrogen) atoms. The minimum Gasteiger partial charge on any atom is -0.339 e. The summed E-state index contributed by atoms with van der Waals surface area (Å²) < 4.78 is 27.2. The summed E-state index contributed by atoms with van der Waals surface area (Å²) in [4.78, 5) is 15.1. The average molecular weight is 388 g/mol. The minimum absolute atomic E-state index is 0.00861. The van der Waals surface area contributed by atoms with Crippen LogP contribution in [0.3, 0.4) is 0 Å². The number of amides is 1. The molecule has 0 atom stereocenters. The molecule has 144 valence electrons. The molecule has 1 fully saturated rings. The van der Waals surface area contributed by atoms with Crippen molar-refractivity contribution in [1.82, 2.24) is 13.5 Å². The third kappa shape index (κ3) is 4.21. The van der Waals surface area contributed by atoms with Crippen LogP contribution in [0.5, 0.6) is 0 Å². The Kier molecular flexibility index (Phi) is 5.94. The Labute approximate surface area is 161 Å². The predicted molar refractivity (Wildman–Crippen MR) is 105 cm³/mol. The number of nitrogens with zero attached hydrogens (tertiary/aromatic N) is 3. The third-order valence-corrected chi connectivity index (χ3v) is 6.79. The molecule has 0 saturated carbocycles. The molecular formula is C20H25N3O3S. The van der Waals surface area contributed by atoms with Crippen molar-refractivity contribution in [3.05, 3.63) is 71.8 Å². The SMILES string of the molecule is CN(C)S(=O)(=O)N1CCN(C(=O)C(c2ccccc2)c2ccccc2)CC1.